The Hall–Kier alpha value is -1.85. The van der Waals surface area contributed by atoms with Crippen molar-refractivity contribution in [3.63, 3.8) is 0 Å². The number of nitrogens with zero attached hydrogens (tertiary/aromatic N) is 2. The summed E-state index contributed by atoms with van der Waals surface area (Å²) in [4.78, 5) is 26.7. The van der Waals surface area contributed by atoms with Gasteiger partial charge in [0.15, 0.2) is 5.69 Å². The first-order chi connectivity index (χ1) is 12.3. The molecule has 1 fully saturated rings. The number of carbonyl (C=O) groups excluding carboxylic acids is 2. The molecule has 6 heteroatoms. The van der Waals surface area contributed by atoms with E-state index in [9.17, 15) is 9.59 Å². The fraction of sp³-hybridized carbons (Fsp3) is 0.750. The fourth-order valence-corrected chi connectivity index (χ4v) is 4.04. The van der Waals surface area contributed by atoms with Crippen molar-refractivity contribution in [2.24, 2.45) is 17.3 Å². The number of likely N-dealkylation sites (tertiary alicyclic amines) is 1. The Bertz CT molecular complexity index is 666. The summed E-state index contributed by atoms with van der Waals surface area (Å²) in [6.07, 6.45) is 4.07. The summed E-state index contributed by atoms with van der Waals surface area (Å²) in [6.45, 7) is 10.1. The summed E-state index contributed by atoms with van der Waals surface area (Å²) >= 11 is 0. The quantitative estimate of drug-likeness (QED) is 0.772. The summed E-state index contributed by atoms with van der Waals surface area (Å²) in [5, 5.41) is 4.12. The van der Waals surface area contributed by atoms with Gasteiger partial charge in [0.25, 0.3) is 5.91 Å². The second-order valence-corrected chi connectivity index (χ2v) is 8.56. The first kappa shape index (κ1) is 18.9. The molecule has 26 heavy (non-hydrogen) atoms. The molecule has 1 atom stereocenters. The van der Waals surface area contributed by atoms with Crippen LogP contribution in [-0.4, -0.2) is 41.6 Å². The maximum Gasteiger partial charge on any atom is 0.309 e. The van der Waals surface area contributed by atoms with E-state index in [2.05, 4.69) is 25.9 Å². The standard InChI is InChI=1S/C20H30N2O4/c1-5-25-19(24)13-8-10-22(11-9-13)18(23)17-15-12-14(20(2,3)4)6-7-16(15)26-21-17/h13-14H,5-12H2,1-4H3/t14-/m0/s1. The summed E-state index contributed by atoms with van der Waals surface area (Å²) < 4.78 is 10.6. The molecule has 144 valence electrons. The number of hydrogen-bond donors (Lipinski definition) is 0. The van der Waals surface area contributed by atoms with Gasteiger partial charge >= 0.3 is 5.97 Å². The maximum absolute atomic E-state index is 13.0. The Morgan fingerprint density at radius 3 is 2.54 bits per heavy atom. The Morgan fingerprint density at radius 1 is 1.23 bits per heavy atom. The van der Waals surface area contributed by atoms with Gasteiger partial charge in [-0.2, -0.15) is 0 Å². The second kappa shape index (κ2) is 7.41. The molecule has 1 saturated heterocycles. The predicted octanol–water partition coefficient (Wildman–Crippen LogP) is 3.24. The lowest BCUT2D eigenvalue weighted by Crippen LogP contribution is -2.41. The highest BCUT2D eigenvalue weighted by atomic mass is 16.5. The fourth-order valence-electron chi connectivity index (χ4n) is 4.04. The average Bonchev–Trinajstić information content (AvgIpc) is 3.04. The minimum atomic E-state index is -0.147. The van der Waals surface area contributed by atoms with Crippen molar-refractivity contribution in [1.82, 2.24) is 10.1 Å². The van der Waals surface area contributed by atoms with Crippen LogP contribution in [-0.2, 0) is 22.4 Å². The Labute approximate surface area is 155 Å². The van der Waals surface area contributed by atoms with E-state index in [0.29, 0.717) is 44.1 Å². The van der Waals surface area contributed by atoms with Gasteiger partial charge in [0.1, 0.15) is 5.76 Å². The van der Waals surface area contributed by atoms with Gasteiger partial charge in [-0.15, -0.1) is 0 Å². The molecule has 0 bridgehead atoms. The third kappa shape index (κ3) is 3.79. The molecule has 2 aliphatic rings. The highest BCUT2D eigenvalue weighted by molar-refractivity contribution is 5.94. The van der Waals surface area contributed by atoms with Crippen LogP contribution in [0.15, 0.2) is 4.52 Å². The van der Waals surface area contributed by atoms with Crippen LogP contribution in [0.2, 0.25) is 0 Å². The molecular weight excluding hydrogens is 332 g/mol. The second-order valence-electron chi connectivity index (χ2n) is 8.56. The van der Waals surface area contributed by atoms with Crippen molar-refractivity contribution in [3.05, 3.63) is 17.0 Å². The molecule has 3 rings (SSSR count). The number of aromatic nitrogens is 1. The molecule has 1 aliphatic carbocycles. The van der Waals surface area contributed by atoms with Crippen LogP contribution in [0, 0.1) is 17.3 Å². The van der Waals surface area contributed by atoms with Crippen LogP contribution in [0.1, 0.15) is 68.8 Å². The van der Waals surface area contributed by atoms with Gasteiger partial charge in [-0.05, 0) is 43.9 Å². The number of rotatable bonds is 3. The van der Waals surface area contributed by atoms with Gasteiger partial charge in [-0.25, -0.2) is 0 Å². The van der Waals surface area contributed by atoms with Crippen molar-refractivity contribution in [2.45, 2.75) is 59.8 Å². The van der Waals surface area contributed by atoms with E-state index in [1.807, 2.05) is 6.92 Å². The van der Waals surface area contributed by atoms with Crippen LogP contribution in [0.5, 0.6) is 0 Å². The first-order valence-corrected chi connectivity index (χ1v) is 9.74. The summed E-state index contributed by atoms with van der Waals surface area (Å²) in [5.74, 6) is 1.08. The maximum atomic E-state index is 13.0. The van der Waals surface area contributed by atoms with Crippen LogP contribution in [0.3, 0.4) is 0 Å². The van der Waals surface area contributed by atoms with Crippen LogP contribution in [0.25, 0.3) is 0 Å². The number of amides is 1. The van der Waals surface area contributed by atoms with Gasteiger partial charge in [0, 0.05) is 25.1 Å². The summed E-state index contributed by atoms with van der Waals surface area (Å²) in [6, 6.07) is 0. The third-order valence-corrected chi connectivity index (χ3v) is 5.87. The number of aryl methyl sites for hydroxylation is 1. The number of esters is 1. The average molecular weight is 362 g/mol. The van der Waals surface area contributed by atoms with E-state index in [0.717, 1.165) is 30.6 Å². The zero-order valence-corrected chi connectivity index (χ0v) is 16.3. The van der Waals surface area contributed by atoms with E-state index in [-0.39, 0.29) is 23.2 Å². The van der Waals surface area contributed by atoms with Crippen molar-refractivity contribution in [1.29, 1.82) is 0 Å². The molecule has 0 saturated carbocycles. The van der Waals surface area contributed by atoms with E-state index >= 15 is 0 Å². The SMILES string of the molecule is CCOC(=O)C1CCN(C(=O)c2noc3c2C[C@@H](C(C)(C)C)CC3)CC1. The third-order valence-electron chi connectivity index (χ3n) is 5.87. The number of ether oxygens (including phenoxy) is 1. The Kier molecular flexibility index (Phi) is 5.39. The van der Waals surface area contributed by atoms with Gasteiger partial charge < -0.3 is 14.2 Å². The first-order valence-electron chi connectivity index (χ1n) is 9.74. The van der Waals surface area contributed by atoms with Crippen LogP contribution in [0.4, 0.5) is 0 Å². The normalized spacial score (nSPS) is 21.4. The van der Waals surface area contributed by atoms with Gasteiger partial charge in [0.05, 0.1) is 12.5 Å². The Morgan fingerprint density at radius 2 is 1.92 bits per heavy atom. The number of fused-ring (bicyclic) bond motifs is 1. The molecule has 1 amide bonds. The molecule has 2 heterocycles. The van der Waals surface area contributed by atoms with Gasteiger partial charge in [-0.3, -0.25) is 9.59 Å². The molecule has 1 aliphatic heterocycles. The summed E-state index contributed by atoms with van der Waals surface area (Å²) in [7, 11) is 0. The van der Waals surface area contributed by atoms with Crippen LogP contribution < -0.4 is 0 Å². The van der Waals surface area contributed by atoms with Crippen molar-refractivity contribution < 1.29 is 18.8 Å². The largest absolute Gasteiger partial charge is 0.466 e. The molecule has 0 aromatic carbocycles. The number of piperidine rings is 1. The molecule has 6 nitrogen and oxygen atoms in total. The molecule has 0 N–H and O–H groups in total. The number of carbonyl (C=O) groups is 2. The van der Waals surface area contributed by atoms with Crippen molar-refractivity contribution in [3.8, 4) is 0 Å². The van der Waals surface area contributed by atoms with Gasteiger partial charge in [-0.1, -0.05) is 25.9 Å². The molecule has 1 aromatic rings. The summed E-state index contributed by atoms with van der Waals surface area (Å²) in [5.41, 5.74) is 1.67. The van der Waals surface area contributed by atoms with Crippen molar-refractivity contribution in [2.75, 3.05) is 19.7 Å². The molecule has 0 radical (unpaired) electrons. The topological polar surface area (TPSA) is 72.6 Å². The number of hydrogen-bond acceptors (Lipinski definition) is 5. The smallest absolute Gasteiger partial charge is 0.309 e. The van der Waals surface area contributed by atoms with E-state index in [1.165, 1.54) is 0 Å². The van der Waals surface area contributed by atoms with Crippen molar-refractivity contribution >= 4 is 11.9 Å². The molecule has 0 spiro atoms. The lowest BCUT2D eigenvalue weighted by atomic mass is 9.71. The lowest BCUT2D eigenvalue weighted by molar-refractivity contribution is -0.149. The van der Waals surface area contributed by atoms with Gasteiger partial charge in [0.2, 0.25) is 0 Å². The molecular formula is C20H30N2O4. The predicted molar refractivity (Wildman–Crippen MR) is 96.7 cm³/mol. The van der Waals surface area contributed by atoms with E-state index < -0.39 is 0 Å². The van der Waals surface area contributed by atoms with E-state index in [4.69, 9.17) is 9.26 Å². The van der Waals surface area contributed by atoms with Crippen LogP contribution >= 0.6 is 0 Å². The zero-order chi connectivity index (χ0) is 18.9. The zero-order valence-electron chi connectivity index (χ0n) is 16.3. The highest BCUT2D eigenvalue weighted by Crippen LogP contribution is 2.38. The van der Waals surface area contributed by atoms with E-state index in [1.54, 1.807) is 4.90 Å². The monoisotopic (exact) mass is 362 g/mol. The minimum absolute atomic E-state index is 0.0631. The lowest BCUT2D eigenvalue weighted by Gasteiger charge is -2.34. The minimum Gasteiger partial charge on any atom is -0.466 e. The molecule has 1 aromatic heterocycles. The highest BCUT2D eigenvalue weighted by Gasteiger charge is 2.36. The molecule has 0 unspecified atom stereocenters. The Balaban J connectivity index is 1.67.